The first-order valence-corrected chi connectivity index (χ1v) is 7.30. The molecule has 0 N–H and O–H groups in total. The Kier molecular flexibility index (Phi) is 3.88. The molecule has 0 bridgehead atoms. The van der Waals surface area contributed by atoms with Crippen LogP contribution in [-0.4, -0.2) is 9.55 Å². The second-order valence-electron chi connectivity index (χ2n) is 5.26. The predicted octanol–water partition coefficient (Wildman–Crippen LogP) is 3.12. The summed E-state index contributed by atoms with van der Waals surface area (Å²) in [7, 11) is 0. The van der Waals surface area contributed by atoms with Crippen LogP contribution in [0.3, 0.4) is 0 Å². The molecule has 1 aromatic heterocycles. The maximum Gasteiger partial charge on any atom is 0.429 e. The van der Waals surface area contributed by atoms with Crippen molar-refractivity contribution < 1.29 is 4.42 Å². The fraction of sp³-hybridized carbons (Fsp3) is 0.118. The van der Waals surface area contributed by atoms with Gasteiger partial charge in [-0.05, 0) is 50.2 Å². The van der Waals surface area contributed by atoms with Crippen molar-refractivity contribution in [2.45, 2.75) is 13.8 Å². The third kappa shape index (κ3) is 3.10. The van der Waals surface area contributed by atoms with Gasteiger partial charge in [0, 0.05) is 10.6 Å². The molecule has 0 aliphatic carbocycles. The number of aryl methyl sites for hydroxylation is 2. The second-order valence-corrected chi connectivity index (χ2v) is 5.69. The molecule has 6 heteroatoms. The van der Waals surface area contributed by atoms with Crippen LogP contribution in [0, 0.1) is 13.8 Å². The van der Waals surface area contributed by atoms with Gasteiger partial charge in [0.1, 0.15) is 0 Å². The molecule has 0 amide bonds. The molecule has 23 heavy (non-hydrogen) atoms. The topological polar surface area (TPSA) is 65.1 Å². The smallest absolute Gasteiger partial charge is 0.390 e. The van der Waals surface area contributed by atoms with Crippen molar-refractivity contribution >= 4 is 11.6 Å². The molecule has 0 atom stereocenters. The van der Waals surface area contributed by atoms with Crippen molar-refractivity contribution in [2.24, 2.45) is 0 Å². The van der Waals surface area contributed by atoms with Gasteiger partial charge in [-0.25, -0.2) is 9.59 Å². The zero-order valence-electron chi connectivity index (χ0n) is 12.5. The summed E-state index contributed by atoms with van der Waals surface area (Å²) in [6.07, 6.45) is 0. The van der Waals surface area contributed by atoms with Crippen molar-refractivity contribution in [3.63, 3.8) is 0 Å². The van der Waals surface area contributed by atoms with Gasteiger partial charge in [0.15, 0.2) is 0 Å². The summed E-state index contributed by atoms with van der Waals surface area (Å²) in [5, 5.41) is 0.506. The molecular formula is C17H13ClN2O3. The molecule has 1 heterocycles. The lowest BCUT2D eigenvalue weighted by molar-refractivity contribution is 0.448. The first-order valence-electron chi connectivity index (χ1n) is 6.93. The Morgan fingerprint density at radius 2 is 1.61 bits per heavy atom. The van der Waals surface area contributed by atoms with Crippen LogP contribution in [0.4, 0.5) is 0 Å². The third-order valence-corrected chi connectivity index (χ3v) is 3.56. The van der Waals surface area contributed by atoms with Crippen molar-refractivity contribution in [1.82, 2.24) is 9.55 Å². The van der Waals surface area contributed by atoms with Crippen molar-refractivity contribution in [1.29, 1.82) is 0 Å². The zero-order valence-corrected chi connectivity index (χ0v) is 13.3. The summed E-state index contributed by atoms with van der Waals surface area (Å²) in [5.74, 6) is -0.779. The van der Waals surface area contributed by atoms with Crippen molar-refractivity contribution in [3.05, 3.63) is 79.6 Å². The molecule has 0 saturated carbocycles. The molecule has 0 aliphatic heterocycles. The first kappa shape index (κ1) is 15.2. The van der Waals surface area contributed by atoms with Gasteiger partial charge in [-0.15, -0.1) is 0 Å². The SMILES string of the molecule is Cc1cc(C)cc(-c2nc(=O)n(-c3ccc(Cl)cc3)c(=O)o2)c1. The van der Waals surface area contributed by atoms with E-state index in [0.717, 1.165) is 15.7 Å². The molecule has 5 nitrogen and oxygen atoms in total. The van der Waals surface area contributed by atoms with Gasteiger partial charge < -0.3 is 4.42 Å². The Bertz CT molecular complexity index is 936. The molecule has 116 valence electrons. The number of hydrogen-bond acceptors (Lipinski definition) is 4. The average molecular weight is 329 g/mol. The minimum absolute atomic E-state index is 0.0111. The largest absolute Gasteiger partial charge is 0.429 e. The normalized spacial score (nSPS) is 10.7. The summed E-state index contributed by atoms with van der Waals surface area (Å²) >= 11 is 5.81. The minimum atomic E-state index is -0.790. The van der Waals surface area contributed by atoms with Gasteiger partial charge in [-0.2, -0.15) is 9.55 Å². The molecule has 0 fully saturated rings. The highest BCUT2D eigenvalue weighted by Crippen LogP contribution is 2.18. The average Bonchev–Trinajstić information content (AvgIpc) is 2.47. The predicted molar refractivity (Wildman–Crippen MR) is 88.3 cm³/mol. The Hall–Kier alpha value is -2.66. The van der Waals surface area contributed by atoms with Gasteiger partial charge in [0.05, 0.1) is 5.69 Å². The molecule has 3 rings (SSSR count). The van der Waals surface area contributed by atoms with Gasteiger partial charge in [0.25, 0.3) is 0 Å². The number of rotatable bonds is 2. The van der Waals surface area contributed by atoms with E-state index in [-0.39, 0.29) is 5.89 Å². The molecule has 0 aliphatic rings. The Morgan fingerprint density at radius 3 is 2.17 bits per heavy atom. The second kappa shape index (κ2) is 5.85. The quantitative estimate of drug-likeness (QED) is 0.725. The maximum atomic E-state index is 12.2. The van der Waals surface area contributed by atoms with Crippen molar-refractivity contribution in [3.8, 4) is 17.1 Å². The number of halogens is 1. The summed E-state index contributed by atoms with van der Waals surface area (Å²) in [6, 6.07) is 11.9. The highest BCUT2D eigenvalue weighted by atomic mass is 35.5. The van der Waals surface area contributed by atoms with E-state index in [1.165, 1.54) is 0 Å². The summed E-state index contributed by atoms with van der Waals surface area (Å²) in [6.45, 7) is 3.84. The fourth-order valence-electron chi connectivity index (χ4n) is 2.39. The molecule has 0 unspecified atom stereocenters. The van der Waals surface area contributed by atoms with E-state index < -0.39 is 11.4 Å². The molecular weight excluding hydrogens is 316 g/mol. The standard InChI is InChI=1S/C17H13ClN2O3/c1-10-7-11(2)9-12(8-10)15-19-16(21)20(17(22)23-15)14-5-3-13(18)4-6-14/h3-9H,1-2H3. The van der Waals surface area contributed by atoms with Gasteiger partial charge in [-0.1, -0.05) is 28.8 Å². The lowest BCUT2D eigenvalue weighted by atomic mass is 10.1. The van der Waals surface area contributed by atoms with E-state index in [1.807, 2.05) is 32.0 Å². The number of benzene rings is 2. The number of nitrogens with zero attached hydrogens (tertiary/aromatic N) is 2. The van der Waals surface area contributed by atoms with Crippen LogP contribution < -0.4 is 11.4 Å². The molecule has 2 aromatic carbocycles. The molecule has 0 saturated heterocycles. The lowest BCUT2D eigenvalue weighted by Gasteiger charge is -2.06. The molecule has 3 aromatic rings. The van der Waals surface area contributed by atoms with Gasteiger partial charge >= 0.3 is 11.4 Å². The van der Waals surface area contributed by atoms with Gasteiger partial charge in [0.2, 0.25) is 5.89 Å². The van der Waals surface area contributed by atoms with Crippen molar-refractivity contribution in [2.75, 3.05) is 0 Å². The van der Waals surface area contributed by atoms with Crippen LogP contribution in [0.2, 0.25) is 5.02 Å². The zero-order chi connectivity index (χ0) is 16.6. The van der Waals surface area contributed by atoms with Crippen LogP contribution in [0.1, 0.15) is 11.1 Å². The van der Waals surface area contributed by atoms with E-state index in [9.17, 15) is 9.59 Å². The van der Waals surface area contributed by atoms with Crippen LogP contribution in [0.25, 0.3) is 17.1 Å². The van der Waals surface area contributed by atoms with E-state index >= 15 is 0 Å². The maximum absolute atomic E-state index is 12.2. The highest BCUT2D eigenvalue weighted by Gasteiger charge is 2.12. The molecule has 0 spiro atoms. The number of hydrogen-bond donors (Lipinski definition) is 0. The third-order valence-electron chi connectivity index (χ3n) is 3.31. The van der Waals surface area contributed by atoms with Gasteiger partial charge in [-0.3, -0.25) is 0 Å². The highest BCUT2D eigenvalue weighted by molar-refractivity contribution is 6.30. The Balaban J connectivity index is 2.16. The van der Waals surface area contributed by atoms with E-state index in [2.05, 4.69) is 4.98 Å². The van der Waals surface area contributed by atoms with E-state index in [4.69, 9.17) is 16.0 Å². The molecule has 0 radical (unpaired) electrons. The van der Waals surface area contributed by atoms with Crippen LogP contribution >= 0.6 is 11.6 Å². The van der Waals surface area contributed by atoms with E-state index in [1.54, 1.807) is 24.3 Å². The fourth-order valence-corrected chi connectivity index (χ4v) is 2.52. The summed E-state index contributed by atoms with van der Waals surface area (Å²) in [4.78, 5) is 28.4. The monoisotopic (exact) mass is 328 g/mol. The Morgan fingerprint density at radius 1 is 1.00 bits per heavy atom. The van der Waals surface area contributed by atoms with Crippen LogP contribution in [0.5, 0.6) is 0 Å². The summed E-state index contributed by atoms with van der Waals surface area (Å²) in [5.41, 5.74) is 2.24. The van der Waals surface area contributed by atoms with Crippen LogP contribution in [-0.2, 0) is 0 Å². The lowest BCUT2D eigenvalue weighted by Crippen LogP contribution is -2.33. The van der Waals surface area contributed by atoms with Crippen LogP contribution in [0.15, 0.2) is 56.5 Å². The minimum Gasteiger partial charge on any atom is -0.390 e. The number of aromatic nitrogens is 2. The first-order chi connectivity index (χ1) is 10.9. The van der Waals surface area contributed by atoms with E-state index in [0.29, 0.717) is 16.3 Å². The Labute approximate surface area is 136 Å². The summed E-state index contributed by atoms with van der Waals surface area (Å²) < 4.78 is 6.10.